The lowest BCUT2D eigenvalue weighted by molar-refractivity contribution is 0.151. The highest BCUT2D eigenvalue weighted by Gasteiger charge is 2.45. The molecule has 0 bridgehead atoms. The Labute approximate surface area is 93.8 Å². The minimum absolute atomic E-state index is 0.617. The first-order chi connectivity index (χ1) is 7.18. The van der Waals surface area contributed by atoms with Crippen molar-refractivity contribution in [2.75, 3.05) is 20.3 Å². The molecule has 0 aromatic rings. The Bertz CT molecular complexity index is 207. The highest BCUT2D eigenvalue weighted by atomic mass is 16.5. The van der Waals surface area contributed by atoms with Crippen LogP contribution in [-0.2, 0) is 4.74 Å². The molecule has 0 amide bonds. The van der Waals surface area contributed by atoms with E-state index in [0.29, 0.717) is 11.5 Å². The first-order valence-electron chi connectivity index (χ1n) is 6.40. The summed E-state index contributed by atoms with van der Waals surface area (Å²) in [6.07, 6.45) is 5.63. The Morgan fingerprint density at radius 1 is 1.33 bits per heavy atom. The molecule has 0 aromatic carbocycles. The summed E-state index contributed by atoms with van der Waals surface area (Å²) in [6.45, 7) is 6.81. The monoisotopic (exact) mass is 211 g/mol. The van der Waals surface area contributed by atoms with Gasteiger partial charge < -0.3 is 10.1 Å². The zero-order valence-corrected chi connectivity index (χ0v) is 10.4. The largest absolute Gasteiger partial charge is 0.383 e. The quantitative estimate of drug-likeness (QED) is 0.698. The van der Waals surface area contributed by atoms with Crippen molar-refractivity contribution in [3.05, 3.63) is 0 Å². The van der Waals surface area contributed by atoms with Gasteiger partial charge in [0.05, 0.1) is 6.61 Å². The lowest BCUT2D eigenvalue weighted by Gasteiger charge is -2.24. The summed E-state index contributed by atoms with van der Waals surface area (Å²) < 4.78 is 5.29. The van der Waals surface area contributed by atoms with Crippen LogP contribution in [0.25, 0.3) is 0 Å². The predicted molar refractivity (Wildman–Crippen MR) is 62.9 cm³/mol. The second kappa shape index (κ2) is 4.42. The van der Waals surface area contributed by atoms with E-state index >= 15 is 0 Å². The summed E-state index contributed by atoms with van der Waals surface area (Å²) in [7, 11) is 1.81. The summed E-state index contributed by atoms with van der Waals surface area (Å²) in [6, 6.07) is 0.617. The highest BCUT2D eigenvalue weighted by Crippen LogP contribution is 2.51. The SMILES string of the molecule is COCC(NCC1(C(C)C)CC1)C1CC1. The van der Waals surface area contributed by atoms with Crippen molar-refractivity contribution >= 4 is 0 Å². The normalized spacial score (nSPS) is 25.6. The van der Waals surface area contributed by atoms with Crippen LogP contribution in [0, 0.1) is 17.3 Å². The Balaban J connectivity index is 1.75. The van der Waals surface area contributed by atoms with Crippen molar-refractivity contribution in [2.45, 2.75) is 45.6 Å². The van der Waals surface area contributed by atoms with E-state index in [9.17, 15) is 0 Å². The minimum atomic E-state index is 0.617. The van der Waals surface area contributed by atoms with Crippen molar-refractivity contribution in [3.63, 3.8) is 0 Å². The maximum atomic E-state index is 5.29. The molecule has 0 aliphatic heterocycles. The van der Waals surface area contributed by atoms with E-state index < -0.39 is 0 Å². The molecule has 0 heterocycles. The van der Waals surface area contributed by atoms with E-state index in [4.69, 9.17) is 4.74 Å². The minimum Gasteiger partial charge on any atom is -0.383 e. The second-order valence-electron chi connectivity index (χ2n) is 5.80. The van der Waals surface area contributed by atoms with Gasteiger partial charge in [-0.05, 0) is 42.9 Å². The third kappa shape index (κ3) is 2.73. The zero-order chi connectivity index (χ0) is 10.9. The molecule has 15 heavy (non-hydrogen) atoms. The van der Waals surface area contributed by atoms with E-state index in [1.165, 1.54) is 32.2 Å². The molecule has 2 rings (SSSR count). The number of rotatable bonds is 7. The smallest absolute Gasteiger partial charge is 0.0618 e. The fourth-order valence-corrected chi connectivity index (χ4v) is 2.49. The van der Waals surface area contributed by atoms with Crippen LogP contribution >= 0.6 is 0 Å². The van der Waals surface area contributed by atoms with E-state index in [1.54, 1.807) is 0 Å². The average Bonchev–Trinajstić information content (AvgIpc) is 3.03. The lowest BCUT2D eigenvalue weighted by Crippen LogP contribution is -2.40. The maximum Gasteiger partial charge on any atom is 0.0618 e. The molecule has 88 valence electrons. The van der Waals surface area contributed by atoms with Crippen LogP contribution in [0.5, 0.6) is 0 Å². The van der Waals surface area contributed by atoms with Crippen LogP contribution < -0.4 is 5.32 Å². The molecule has 2 aliphatic carbocycles. The lowest BCUT2D eigenvalue weighted by atomic mass is 9.92. The van der Waals surface area contributed by atoms with Crippen molar-refractivity contribution in [2.24, 2.45) is 17.3 Å². The molecule has 2 aliphatic rings. The zero-order valence-electron chi connectivity index (χ0n) is 10.4. The number of hydrogen-bond acceptors (Lipinski definition) is 2. The number of methoxy groups -OCH3 is 1. The molecule has 2 saturated carbocycles. The van der Waals surface area contributed by atoms with Crippen molar-refractivity contribution in [1.82, 2.24) is 5.32 Å². The Hall–Kier alpha value is -0.0800. The van der Waals surface area contributed by atoms with Gasteiger partial charge in [-0.3, -0.25) is 0 Å². The van der Waals surface area contributed by atoms with Gasteiger partial charge >= 0.3 is 0 Å². The molecule has 1 atom stereocenters. The van der Waals surface area contributed by atoms with Crippen LogP contribution in [0.3, 0.4) is 0 Å². The Morgan fingerprint density at radius 2 is 2.00 bits per heavy atom. The number of hydrogen-bond donors (Lipinski definition) is 1. The van der Waals surface area contributed by atoms with Gasteiger partial charge in [0.2, 0.25) is 0 Å². The second-order valence-corrected chi connectivity index (χ2v) is 5.80. The molecule has 1 unspecified atom stereocenters. The average molecular weight is 211 g/mol. The maximum absolute atomic E-state index is 5.29. The first-order valence-corrected chi connectivity index (χ1v) is 6.40. The van der Waals surface area contributed by atoms with Gasteiger partial charge in [-0.2, -0.15) is 0 Å². The van der Waals surface area contributed by atoms with Crippen LogP contribution in [0.1, 0.15) is 39.5 Å². The molecule has 1 N–H and O–H groups in total. The standard InChI is InChI=1S/C13H25NO/c1-10(2)13(6-7-13)9-14-12(8-15-3)11-4-5-11/h10-12,14H,4-9H2,1-3H3. The summed E-state index contributed by atoms with van der Waals surface area (Å²) >= 11 is 0. The fourth-order valence-electron chi connectivity index (χ4n) is 2.49. The van der Waals surface area contributed by atoms with E-state index in [2.05, 4.69) is 19.2 Å². The molecule has 0 saturated heterocycles. The fraction of sp³-hybridized carbons (Fsp3) is 1.00. The third-order valence-electron chi connectivity index (χ3n) is 4.37. The molecule has 2 fully saturated rings. The van der Waals surface area contributed by atoms with Crippen LogP contribution in [0.2, 0.25) is 0 Å². The molecule has 0 radical (unpaired) electrons. The van der Waals surface area contributed by atoms with Crippen molar-refractivity contribution in [1.29, 1.82) is 0 Å². The van der Waals surface area contributed by atoms with Gasteiger partial charge in [-0.15, -0.1) is 0 Å². The van der Waals surface area contributed by atoms with Crippen LogP contribution in [0.4, 0.5) is 0 Å². The highest BCUT2D eigenvalue weighted by molar-refractivity contribution is 4.99. The van der Waals surface area contributed by atoms with Crippen LogP contribution in [0.15, 0.2) is 0 Å². The van der Waals surface area contributed by atoms with Gasteiger partial charge in [-0.25, -0.2) is 0 Å². The topological polar surface area (TPSA) is 21.3 Å². The van der Waals surface area contributed by atoms with E-state index in [0.717, 1.165) is 18.4 Å². The molecular weight excluding hydrogens is 186 g/mol. The summed E-state index contributed by atoms with van der Waals surface area (Å²) in [5.74, 6) is 1.72. The summed E-state index contributed by atoms with van der Waals surface area (Å²) in [5, 5.41) is 3.74. The predicted octanol–water partition coefficient (Wildman–Crippen LogP) is 2.44. The molecular formula is C13H25NO. The van der Waals surface area contributed by atoms with Crippen molar-refractivity contribution in [3.8, 4) is 0 Å². The van der Waals surface area contributed by atoms with Gasteiger partial charge in [-0.1, -0.05) is 13.8 Å². The Morgan fingerprint density at radius 3 is 2.40 bits per heavy atom. The molecule has 0 aromatic heterocycles. The molecule has 2 nitrogen and oxygen atoms in total. The van der Waals surface area contributed by atoms with Crippen molar-refractivity contribution < 1.29 is 4.74 Å². The Kier molecular flexibility index (Phi) is 3.36. The van der Waals surface area contributed by atoms with Gasteiger partial charge in [0.1, 0.15) is 0 Å². The van der Waals surface area contributed by atoms with Gasteiger partial charge in [0, 0.05) is 19.7 Å². The molecule has 0 spiro atoms. The van der Waals surface area contributed by atoms with E-state index in [-0.39, 0.29) is 0 Å². The van der Waals surface area contributed by atoms with Gasteiger partial charge in [0.25, 0.3) is 0 Å². The van der Waals surface area contributed by atoms with Gasteiger partial charge in [0.15, 0.2) is 0 Å². The summed E-state index contributed by atoms with van der Waals surface area (Å²) in [4.78, 5) is 0. The van der Waals surface area contributed by atoms with Crippen LogP contribution in [-0.4, -0.2) is 26.3 Å². The number of ether oxygens (including phenoxy) is 1. The third-order valence-corrected chi connectivity index (χ3v) is 4.37. The summed E-state index contributed by atoms with van der Waals surface area (Å²) in [5.41, 5.74) is 0.626. The molecule has 2 heteroatoms. The van der Waals surface area contributed by atoms with E-state index in [1.807, 2.05) is 7.11 Å². The first kappa shape index (κ1) is 11.4. The number of nitrogens with one attached hydrogen (secondary N) is 1.